The summed E-state index contributed by atoms with van der Waals surface area (Å²) in [7, 11) is 3.85. The molecule has 2 fully saturated rings. The third-order valence-electron chi connectivity index (χ3n) is 9.62. The van der Waals surface area contributed by atoms with Gasteiger partial charge in [-0.25, -0.2) is 4.39 Å². The number of carbonyl (C=O) groups is 1. The number of ether oxygens (including phenoxy) is 3. The van der Waals surface area contributed by atoms with Crippen molar-refractivity contribution in [3.05, 3.63) is 12.3 Å². The number of hydrogen-bond donors (Lipinski definition) is 1. The lowest BCUT2D eigenvalue weighted by Gasteiger charge is -2.44. The number of alkyl halides is 1. The van der Waals surface area contributed by atoms with Crippen LogP contribution in [0.15, 0.2) is 12.3 Å². The summed E-state index contributed by atoms with van der Waals surface area (Å²) in [5, 5.41) is 11.2. The van der Waals surface area contributed by atoms with Gasteiger partial charge in [-0.1, -0.05) is 55.0 Å². The van der Waals surface area contributed by atoms with Gasteiger partial charge in [-0.05, 0) is 89.6 Å². The Bertz CT molecular complexity index is 803. The molecule has 1 unspecified atom stereocenters. The molecule has 0 aromatic carbocycles. The molecule has 228 valence electrons. The summed E-state index contributed by atoms with van der Waals surface area (Å²) in [4.78, 5) is 15.8. The van der Waals surface area contributed by atoms with Crippen LogP contribution in [0, 0.1) is 35.5 Å². The van der Waals surface area contributed by atoms with Gasteiger partial charge in [-0.3, -0.25) is 4.79 Å². The highest BCUT2D eigenvalue weighted by Gasteiger charge is 2.47. The summed E-state index contributed by atoms with van der Waals surface area (Å²) in [5.41, 5.74) is -2.37. The van der Waals surface area contributed by atoms with Crippen LogP contribution < -0.4 is 0 Å². The van der Waals surface area contributed by atoms with E-state index >= 15 is 4.39 Å². The minimum absolute atomic E-state index is 0.0651. The van der Waals surface area contributed by atoms with E-state index in [2.05, 4.69) is 41.2 Å². The number of carbonyl (C=O) groups excluding carboxylic acids is 1. The van der Waals surface area contributed by atoms with E-state index in [0.29, 0.717) is 30.6 Å². The molecule has 2 aliphatic heterocycles. The normalized spacial score (nSPS) is 45.9. The number of likely N-dealkylation sites (N-methyl/N-ethyl adjacent to an activating group) is 1. The van der Waals surface area contributed by atoms with Crippen LogP contribution in [0.1, 0.15) is 94.4 Å². The minimum atomic E-state index is -2.37. The first-order valence-electron chi connectivity index (χ1n) is 15.3. The second-order valence-electron chi connectivity index (χ2n) is 13.5. The van der Waals surface area contributed by atoms with E-state index in [-0.39, 0.29) is 35.8 Å². The van der Waals surface area contributed by atoms with E-state index in [4.69, 9.17) is 14.2 Å². The summed E-state index contributed by atoms with van der Waals surface area (Å²) in [6.45, 7) is 21.9. The molecule has 2 saturated heterocycles. The average molecular weight is 556 g/mol. The number of nitrogens with zero attached hydrogens (tertiary/aromatic N) is 1. The van der Waals surface area contributed by atoms with Crippen LogP contribution in [-0.2, 0) is 19.0 Å². The van der Waals surface area contributed by atoms with E-state index in [1.807, 2.05) is 32.8 Å². The summed E-state index contributed by atoms with van der Waals surface area (Å²) in [6.07, 6.45) is 1.46. The van der Waals surface area contributed by atoms with Crippen LogP contribution in [0.3, 0.4) is 0 Å². The molecule has 39 heavy (non-hydrogen) atoms. The van der Waals surface area contributed by atoms with Crippen molar-refractivity contribution in [2.24, 2.45) is 35.5 Å². The summed E-state index contributed by atoms with van der Waals surface area (Å²) in [5.74, 6) is -0.0234. The highest BCUT2D eigenvalue weighted by Crippen LogP contribution is 2.38. The molecule has 0 spiro atoms. The first-order chi connectivity index (χ1) is 18.0. The number of hydrogen-bond acceptors (Lipinski definition) is 6. The average Bonchev–Trinajstić information content (AvgIpc) is 2.85. The van der Waals surface area contributed by atoms with Gasteiger partial charge in [0.2, 0.25) is 5.67 Å². The monoisotopic (exact) mass is 555 g/mol. The number of allylic oxidation sites excluding steroid dienone is 1. The fourth-order valence-electron chi connectivity index (χ4n) is 6.87. The van der Waals surface area contributed by atoms with Crippen molar-refractivity contribution in [3.8, 4) is 0 Å². The molecule has 2 aliphatic rings. The van der Waals surface area contributed by atoms with Gasteiger partial charge in [-0.15, -0.1) is 0 Å². The van der Waals surface area contributed by atoms with Gasteiger partial charge in [0.05, 0.1) is 12.2 Å². The molecule has 7 heteroatoms. The second kappa shape index (κ2) is 14.2. The third-order valence-corrected chi connectivity index (χ3v) is 9.62. The van der Waals surface area contributed by atoms with Gasteiger partial charge in [0.15, 0.2) is 12.1 Å². The van der Waals surface area contributed by atoms with Crippen molar-refractivity contribution in [1.82, 2.24) is 4.90 Å². The number of aliphatic hydroxyl groups is 1. The lowest BCUT2D eigenvalue weighted by atomic mass is 9.77. The van der Waals surface area contributed by atoms with Crippen molar-refractivity contribution in [1.29, 1.82) is 0 Å². The zero-order chi connectivity index (χ0) is 29.8. The Morgan fingerprint density at radius 2 is 1.56 bits per heavy atom. The summed E-state index contributed by atoms with van der Waals surface area (Å²) < 4.78 is 35.0. The van der Waals surface area contributed by atoms with Crippen LogP contribution in [0.2, 0.25) is 0 Å². The molecular formula is C32H58FNO5. The smallest absolute Gasteiger partial charge is 0.221 e. The predicted octanol–water partition coefficient (Wildman–Crippen LogP) is 6.40. The SMILES string of the molecule is C=C1O[C@H](CC)[C@H](C)C[C@@H](C)C(C)C[C@H](C)C[C@H](C)[C@H](O[C@@H]2O[C@H](C)C[C@H](N(C)C)[C@H]2O)[C@@H](C)C(=O)[C@]1(C)F. The molecule has 0 saturated carbocycles. The van der Waals surface area contributed by atoms with Crippen LogP contribution in [0.25, 0.3) is 0 Å². The Kier molecular flexibility index (Phi) is 12.5. The molecule has 0 aromatic heterocycles. The highest BCUT2D eigenvalue weighted by molar-refractivity contribution is 5.91. The highest BCUT2D eigenvalue weighted by atomic mass is 19.1. The zero-order valence-corrected chi connectivity index (χ0v) is 26.6. The standard InChI is InChI=1S/C32H58FNO5/c1-13-27-21(5)16-20(4)19(3)14-18(2)15-22(6)29(24(8)30(36)32(10,33)25(9)38-27)39-31-28(35)26(34(11)12)17-23(7)37-31/h18-24,26-29,31,35H,9,13-17H2,1-8,10-12H3/t18-,19?,20+,21+,22-,23+,24+,26-,27+,28+,29-,31-,32+/m0/s1. The molecule has 0 aliphatic carbocycles. The lowest BCUT2D eigenvalue weighted by Crippen LogP contribution is -2.56. The molecule has 2 heterocycles. The van der Waals surface area contributed by atoms with E-state index in [9.17, 15) is 9.90 Å². The van der Waals surface area contributed by atoms with Gasteiger partial charge in [-0.2, -0.15) is 0 Å². The van der Waals surface area contributed by atoms with Gasteiger partial charge in [0.25, 0.3) is 0 Å². The first kappa shape index (κ1) is 34.2. The largest absolute Gasteiger partial charge is 0.491 e. The fraction of sp³-hybridized carbons (Fsp3) is 0.906. The Hall–Kier alpha value is -1.02. The van der Waals surface area contributed by atoms with E-state index in [1.54, 1.807) is 6.92 Å². The predicted molar refractivity (Wildman–Crippen MR) is 155 cm³/mol. The Morgan fingerprint density at radius 3 is 2.13 bits per heavy atom. The number of rotatable bonds is 4. The molecule has 0 radical (unpaired) electrons. The maximum Gasteiger partial charge on any atom is 0.221 e. The summed E-state index contributed by atoms with van der Waals surface area (Å²) >= 11 is 0. The van der Waals surface area contributed by atoms with E-state index in [1.165, 1.54) is 6.92 Å². The molecule has 2 rings (SSSR count). The van der Waals surface area contributed by atoms with Crippen LogP contribution in [-0.4, -0.2) is 72.3 Å². The third kappa shape index (κ3) is 8.50. The van der Waals surface area contributed by atoms with Crippen molar-refractivity contribution in [2.45, 2.75) is 137 Å². The lowest BCUT2D eigenvalue weighted by molar-refractivity contribution is -0.278. The molecular weight excluding hydrogens is 497 g/mol. The Morgan fingerprint density at radius 1 is 1.00 bits per heavy atom. The van der Waals surface area contributed by atoms with Crippen molar-refractivity contribution in [2.75, 3.05) is 14.1 Å². The second-order valence-corrected chi connectivity index (χ2v) is 13.5. The van der Waals surface area contributed by atoms with Gasteiger partial charge in [0.1, 0.15) is 18.0 Å². The molecule has 13 atom stereocenters. The quantitative estimate of drug-likeness (QED) is 0.433. The van der Waals surface area contributed by atoms with Gasteiger partial charge >= 0.3 is 0 Å². The molecule has 1 N–H and O–H groups in total. The summed E-state index contributed by atoms with van der Waals surface area (Å²) in [6, 6.07) is -0.142. The molecule has 0 amide bonds. The van der Waals surface area contributed by atoms with Gasteiger partial charge < -0.3 is 24.2 Å². The van der Waals surface area contributed by atoms with Crippen molar-refractivity contribution in [3.63, 3.8) is 0 Å². The Labute approximate surface area is 238 Å². The number of Topliss-reactive ketones (excluding diaryl/α,β-unsaturated/α-hetero) is 1. The fourth-order valence-corrected chi connectivity index (χ4v) is 6.87. The Balaban J connectivity index is 2.45. The van der Waals surface area contributed by atoms with Gasteiger partial charge in [0, 0.05) is 12.0 Å². The maximum absolute atomic E-state index is 16.3. The topological polar surface area (TPSA) is 68.2 Å². The van der Waals surface area contributed by atoms with E-state index < -0.39 is 35.9 Å². The zero-order valence-electron chi connectivity index (χ0n) is 26.6. The number of aliphatic hydroxyl groups excluding tert-OH is 1. The minimum Gasteiger partial charge on any atom is -0.491 e. The number of halogens is 1. The van der Waals surface area contributed by atoms with E-state index in [0.717, 1.165) is 19.3 Å². The van der Waals surface area contributed by atoms with Crippen molar-refractivity contribution < 1.29 is 28.5 Å². The molecule has 6 nitrogen and oxygen atoms in total. The van der Waals surface area contributed by atoms with Crippen molar-refractivity contribution >= 4 is 5.78 Å². The maximum atomic E-state index is 16.3. The van der Waals surface area contributed by atoms with Crippen LogP contribution in [0.4, 0.5) is 4.39 Å². The van der Waals surface area contributed by atoms with Crippen LogP contribution >= 0.6 is 0 Å². The molecule has 0 aromatic rings. The first-order valence-corrected chi connectivity index (χ1v) is 15.3. The number of ketones is 1. The van der Waals surface area contributed by atoms with Crippen LogP contribution in [0.5, 0.6) is 0 Å². The molecule has 0 bridgehead atoms.